The molecule has 0 bridgehead atoms. The van der Waals surface area contributed by atoms with Crippen LogP contribution >= 0.6 is 0 Å². The Bertz CT molecular complexity index is 832. The summed E-state index contributed by atoms with van der Waals surface area (Å²) in [6.45, 7) is 0.914. The molecular weight excluding hydrogens is 359 g/mol. The number of carbonyl (C=O) groups excluding carboxylic acids is 1. The summed E-state index contributed by atoms with van der Waals surface area (Å²) in [5.41, 5.74) is 0.171. The number of ether oxygens (including phenoxy) is 1. The summed E-state index contributed by atoms with van der Waals surface area (Å²) < 4.78 is 45.6. The van der Waals surface area contributed by atoms with Crippen molar-refractivity contribution < 1.29 is 22.7 Å². The quantitative estimate of drug-likeness (QED) is 0.633. The van der Waals surface area contributed by atoms with E-state index < -0.39 is 23.4 Å². The summed E-state index contributed by atoms with van der Waals surface area (Å²) in [5, 5.41) is 5.19. The van der Waals surface area contributed by atoms with E-state index in [9.17, 15) is 18.0 Å². The minimum absolute atomic E-state index is 0.00948. The molecule has 1 saturated heterocycles. The fourth-order valence-corrected chi connectivity index (χ4v) is 2.66. The van der Waals surface area contributed by atoms with E-state index in [-0.39, 0.29) is 29.9 Å². The lowest BCUT2D eigenvalue weighted by molar-refractivity contribution is 0.0975. The molecule has 0 saturated carbocycles. The lowest BCUT2D eigenvalue weighted by Gasteiger charge is -2.13. The Labute approximate surface area is 154 Å². The van der Waals surface area contributed by atoms with Crippen LogP contribution in [0.15, 0.2) is 47.5 Å². The molecule has 0 aromatic heterocycles. The zero-order valence-corrected chi connectivity index (χ0v) is 14.3. The molecular formula is C19H18F3N3O2. The van der Waals surface area contributed by atoms with Crippen molar-refractivity contribution in [3.8, 4) is 0 Å². The van der Waals surface area contributed by atoms with Gasteiger partial charge in [0.2, 0.25) is 5.96 Å². The molecule has 1 unspecified atom stereocenters. The third kappa shape index (κ3) is 5.55. The van der Waals surface area contributed by atoms with Gasteiger partial charge in [0.25, 0.3) is 5.91 Å². The lowest BCUT2D eigenvalue weighted by atomic mass is 10.2. The Morgan fingerprint density at radius 3 is 2.56 bits per heavy atom. The number of rotatable bonds is 4. The van der Waals surface area contributed by atoms with Crippen LogP contribution in [-0.2, 0) is 4.74 Å². The van der Waals surface area contributed by atoms with E-state index >= 15 is 0 Å². The van der Waals surface area contributed by atoms with E-state index in [1.807, 2.05) is 0 Å². The summed E-state index contributed by atoms with van der Waals surface area (Å²) in [7, 11) is 0. The minimum Gasteiger partial charge on any atom is -0.376 e. The van der Waals surface area contributed by atoms with Crippen molar-refractivity contribution in [2.24, 2.45) is 4.99 Å². The lowest BCUT2D eigenvalue weighted by Crippen LogP contribution is -2.36. The van der Waals surface area contributed by atoms with Crippen LogP contribution in [0, 0.1) is 17.5 Å². The molecule has 1 aliphatic heterocycles. The van der Waals surface area contributed by atoms with Crippen LogP contribution in [0.25, 0.3) is 0 Å². The first-order valence-electron chi connectivity index (χ1n) is 8.46. The number of hydrogen-bond donors (Lipinski definition) is 2. The van der Waals surface area contributed by atoms with Crippen LogP contribution in [0.3, 0.4) is 0 Å². The summed E-state index contributed by atoms with van der Waals surface area (Å²) in [4.78, 5) is 16.6. The summed E-state index contributed by atoms with van der Waals surface area (Å²) in [6, 6.07) is 8.02. The van der Waals surface area contributed by atoms with E-state index in [1.165, 1.54) is 18.2 Å². The molecule has 0 spiro atoms. The van der Waals surface area contributed by atoms with Crippen molar-refractivity contribution in [3.63, 3.8) is 0 Å². The number of amides is 1. The Morgan fingerprint density at radius 2 is 1.89 bits per heavy atom. The van der Waals surface area contributed by atoms with Gasteiger partial charge in [-0.3, -0.25) is 10.1 Å². The number of benzene rings is 2. The van der Waals surface area contributed by atoms with Gasteiger partial charge in [-0.05, 0) is 43.2 Å². The van der Waals surface area contributed by atoms with Crippen molar-refractivity contribution in [2.45, 2.75) is 18.9 Å². The first-order chi connectivity index (χ1) is 13.0. The maximum Gasteiger partial charge on any atom is 0.258 e. The van der Waals surface area contributed by atoms with Crippen molar-refractivity contribution in [1.82, 2.24) is 5.32 Å². The van der Waals surface area contributed by atoms with Crippen LogP contribution in [0.4, 0.5) is 18.9 Å². The molecule has 1 heterocycles. The number of guanidine groups is 1. The number of nitrogens with one attached hydrogen (secondary N) is 2. The van der Waals surface area contributed by atoms with Gasteiger partial charge in [-0.15, -0.1) is 0 Å². The molecule has 2 N–H and O–H groups in total. The fourth-order valence-electron chi connectivity index (χ4n) is 2.66. The molecule has 2 aromatic carbocycles. The molecule has 0 aliphatic carbocycles. The van der Waals surface area contributed by atoms with Gasteiger partial charge in [0.15, 0.2) is 0 Å². The number of halogens is 3. The molecule has 1 aliphatic rings. The molecule has 0 radical (unpaired) electrons. The maximum absolute atomic E-state index is 13.4. The van der Waals surface area contributed by atoms with Crippen LogP contribution in [0.2, 0.25) is 0 Å². The first kappa shape index (κ1) is 18.9. The van der Waals surface area contributed by atoms with Gasteiger partial charge in [0, 0.05) is 23.9 Å². The number of anilines is 1. The van der Waals surface area contributed by atoms with Crippen LogP contribution < -0.4 is 10.6 Å². The van der Waals surface area contributed by atoms with Crippen LogP contribution in [0.5, 0.6) is 0 Å². The average Bonchev–Trinajstić information content (AvgIpc) is 3.12. The number of nitrogens with zero attached hydrogens (tertiary/aromatic N) is 1. The van der Waals surface area contributed by atoms with Crippen LogP contribution in [0.1, 0.15) is 23.2 Å². The Hall–Kier alpha value is -2.87. The van der Waals surface area contributed by atoms with E-state index in [4.69, 9.17) is 4.74 Å². The topological polar surface area (TPSA) is 62.7 Å². The van der Waals surface area contributed by atoms with Gasteiger partial charge in [0.05, 0.1) is 12.6 Å². The molecule has 2 aromatic rings. The highest BCUT2D eigenvalue weighted by molar-refractivity contribution is 6.09. The van der Waals surface area contributed by atoms with E-state index in [0.29, 0.717) is 6.61 Å². The number of hydrogen-bond acceptors (Lipinski definition) is 3. The highest BCUT2D eigenvalue weighted by Gasteiger charge is 2.16. The van der Waals surface area contributed by atoms with E-state index in [1.54, 1.807) is 0 Å². The van der Waals surface area contributed by atoms with Crippen molar-refractivity contribution >= 4 is 17.6 Å². The second-order valence-corrected chi connectivity index (χ2v) is 6.07. The highest BCUT2D eigenvalue weighted by Crippen LogP contribution is 2.14. The smallest absolute Gasteiger partial charge is 0.258 e. The van der Waals surface area contributed by atoms with Crippen molar-refractivity contribution in [2.75, 3.05) is 18.5 Å². The summed E-state index contributed by atoms with van der Waals surface area (Å²) in [5.74, 6) is -2.71. The van der Waals surface area contributed by atoms with Gasteiger partial charge in [-0.2, -0.15) is 0 Å². The highest BCUT2D eigenvalue weighted by atomic mass is 19.1. The Morgan fingerprint density at radius 1 is 1.11 bits per heavy atom. The summed E-state index contributed by atoms with van der Waals surface area (Å²) >= 11 is 0. The molecule has 1 fully saturated rings. The minimum atomic E-state index is -0.771. The zero-order valence-electron chi connectivity index (χ0n) is 14.3. The van der Waals surface area contributed by atoms with E-state index in [2.05, 4.69) is 15.6 Å². The molecule has 1 atom stereocenters. The third-order valence-corrected chi connectivity index (χ3v) is 3.92. The number of aliphatic imine (C=N–C) groups is 1. The van der Waals surface area contributed by atoms with Gasteiger partial charge in [-0.1, -0.05) is 6.07 Å². The third-order valence-electron chi connectivity index (χ3n) is 3.92. The normalized spacial score (nSPS) is 17.0. The first-order valence-corrected chi connectivity index (χ1v) is 8.46. The molecule has 142 valence electrons. The van der Waals surface area contributed by atoms with Gasteiger partial charge >= 0.3 is 0 Å². The van der Waals surface area contributed by atoms with Gasteiger partial charge in [-0.25, -0.2) is 18.2 Å². The zero-order chi connectivity index (χ0) is 19.2. The Kier molecular flexibility index (Phi) is 6.08. The summed E-state index contributed by atoms with van der Waals surface area (Å²) in [6.07, 6.45) is 1.67. The second-order valence-electron chi connectivity index (χ2n) is 6.07. The predicted octanol–water partition coefficient (Wildman–Crippen LogP) is 3.48. The molecule has 3 rings (SSSR count). The second kappa shape index (κ2) is 8.68. The standard InChI is InChI=1S/C19H18F3N3O2/c20-13-4-1-3-12(7-13)18(26)25-19(23-11-17-5-2-6-27-17)24-16-9-14(21)8-15(22)10-16/h1,3-4,7-10,17H,2,5-6,11H2,(H2,23,24,25,26). The Balaban J connectivity index is 1.77. The largest absolute Gasteiger partial charge is 0.376 e. The number of carbonyl (C=O) groups is 1. The molecule has 27 heavy (non-hydrogen) atoms. The maximum atomic E-state index is 13.4. The predicted molar refractivity (Wildman–Crippen MR) is 95.1 cm³/mol. The molecule has 1 amide bonds. The molecule has 8 heteroatoms. The van der Waals surface area contributed by atoms with Crippen LogP contribution in [-0.4, -0.2) is 31.1 Å². The van der Waals surface area contributed by atoms with Crippen molar-refractivity contribution in [3.05, 3.63) is 65.5 Å². The van der Waals surface area contributed by atoms with E-state index in [0.717, 1.165) is 37.1 Å². The SMILES string of the molecule is O=C(NC(=NCC1CCCO1)Nc1cc(F)cc(F)c1)c1cccc(F)c1. The van der Waals surface area contributed by atoms with Gasteiger partial charge in [0.1, 0.15) is 17.5 Å². The van der Waals surface area contributed by atoms with Gasteiger partial charge < -0.3 is 10.1 Å². The molecule has 5 nitrogen and oxygen atoms in total. The monoisotopic (exact) mass is 377 g/mol. The fraction of sp³-hybridized carbons (Fsp3) is 0.263. The van der Waals surface area contributed by atoms with Crippen molar-refractivity contribution in [1.29, 1.82) is 0 Å². The average molecular weight is 377 g/mol.